The van der Waals surface area contributed by atoms with Crippen LogP contribution in [0.2, 0.25) is 0 Å². The van der Waals surface area contributed by atoms with E-state index in [9.17, 15) is 4.79 Å². The van der Waals surface area contributed by atoms with Crippen molar-refractivity contribution in [3.63, 3.8) is 0 Å². The summed E-state index contributed by atoms with van der Waals surface area (Å²) in [5.74, 6) is 5.86. The molecular weight excluding hydrogens is 174 g/mol. The lowest BCUT2D eigenvalue weighted by Gasteiger charge is -3.11. The molecular formula is C12H15NO. The quantitative estimate of drug-likeness (QED) is 0.686. The highest BCUT2D eigenvalue weighted by Gasteiger charge is 3.10. The van der Waals surface area contributed by atoms with Gasteiger partial charge in [0.15, 0.2) is 0 Å². The Balaban J connectivity index is 1.59. The van der Waals surface area contributed by atoms with Gasteiger partial charge in [-0.15, -0.1) is 0 Å². The van der Waals surface area contributed by atoms with E-state index >= 15 is 0 Å². The highest BCUT2D eigenvalue weighted by molar-refractivity contribution is 5.92. The molecule has 0 aromatic carbocycles. The molecule has 0 saturated heterocycles. The molecule has 0 aromatic rings. The molecule has 2 nitrogen and oxygen atoms in total. The maximum atomic E-state index is 11.9. The number of nitrogens with one attached hydrogen (secondary N) is 1. The van der Waals surface area contributed by atoms with Gasteiger partial charge in [-0.2, -0.15) is 0 Å². The van der Waals surface area contributed by atoms with Gasteiger partial charge in [0.05, 0.1) is 5.41 Å². The van der Waals surface area contributed by atoms with Gasteiger partial charge in [0.1, 0.15) is 0 Å². The first kappa shape index (κ1) is 6.86. The molecule has 1 amide bonds. The molecule has 74 valence electrons. The van der Waals surface area contributed by atoms with Crippen LogP contribution in [0.4, 0.5) is 0 Å². The second-order valence-electron chi connectivity index (χ2n) is 6.13. The fourth-order valence-corrected chi connectivity index (χ4v) is 7.13. The van der Waals surface area contributed by atoms with Gasteiger partial charge in [0.2, 0.25) is 5.91 Å². The minimum absolute atomic E-state index is 0.200. The summed E-state index contributed by atoms with van der Waals surface area (Å²) in [6.45, 7) is 2.36. The summed E-state index contributed by atoms with van der Waals surface area (Å²) < 4.78 is 0. The molecule has 6 rings (SSSR count). The predicted molar refractivity (Wildman–Crippen MR) is 50.2 cm³/mol. The molecule has 0 aliphatic heterocycles. The summed E-state index contributed by atoms with van der Waals surface area (Å²) in [6, 6.07) is 0. The van der Waals surface area contributed by atoms with Crippen molar-refractivity contribution >= 4 is 5.91 Å². The van der Waals surface area contributed by atoms with Gasteiger partial charge in [-0.3, -0.25) is 4.79 Å². The van der Waals surface area contributed by atoms with Crippen molar-refractivity contribution in [1.29, 1.82) is 0 Å². The van der Waals surface area contributed by atoms with Crippen molar-refractivity contribution in [1.82, 2.24) is 5.32 Å². The van der Waals surface area contributed by atoms with Crippen molar-refractivity contribution < 1.29 is 4.79 Å². The zero-order valence-electron chi connectivity index (χ0n) is 8.58. The summed E-state index contributed by atoms with van der Waals surface area (Å²) in [4.78, 5) is 11.9. The largest absolute Gasteiger partial charge is 0.359 e. The Morgan fingerprint density at radius 1 is 1.14 bits per heavy atom. The minimum atomic E-state index is 0.200. The molecule has 0 radical (unpaired) electrons. The van der Waals surface area contributed by atoms with Gasteiger partial charge < -0.3 is 5.32 Å². The maximum Gasteiger partial charge on any atom is 0.226 e. The highest BCUT2D eigenvalue weighted by Crippen LogP contribution is 3.10. The van der Waals surface area contributed by atoms with E-state index in [-0.39, 0.29) is 5.41 Å². The smallest absolute Gasteiger partial charge is 0.226 e. The minimum Gasteiger partial charge on any atom is -0.359 e. The first-order chi connectivity index (χ1) is 6.77. The monoisotopic (exact) mass is 189 g/mol. The summed E-state index contributed by atoms with van der Waals surface area (Å²) in [5.41, 5.74) is 0.988. The Kier molecular flexibility index (Phi) is 0.677. The average molecular weight is 189 g/mol. The Labute approximate surface area is 83.4 Å². The lowest BCUT2D eigenvalue weighted by Crippen LogP contribution is -3.11. The van der Waals surface area contributed by atoms with E-state index < -0.39 is 0 Å². The van der Waals surface area contributed by atoms with Crippen LogP contribution in [-0.4, -0.2) is 13.0 Å². The van der Waals surface area contributed by atoms with Crippen LogP contribution >= 0.6 is 0 Å². The number of carbonyl (C=O) groups excluding carboxylic acids is 1. The topological polar surface area (TPSA) is 29.1 Å². The Bertz CT molecular complexity index is 346. The summed E-state index contributed by atoms with van der Waals surface area (Å²) in [6.07, 6.45) is 1.39. The number of carbonyl (C=O) groups is 1. The van der Waals surface area contributed by atoms with E-state index in [1.54, 1.807) is 7.05 Å². The van der Waals surface area contributed by atoms with E-state index in [4.69, 9.17) is 0 Å². The summed E-state index contributed by atoms with van der Waals surface area (Å²) in [5, 5.41) is 2.89. The second-order valence-corrected chi connectivity index (χ2v) is 6.13. The normalized spacial score (nSPS) is 77.0. The molecule has 2 heteroatoms. The SMILES string of the molecule is CCC12C3C4C1C1C2C3C41C(=O)NC. The van der Waals surface area contributed by atoms with E-state index in [0.29, 0.717) is 5.91 Å². The fraction of sp³-hybridized carbons (Fsp3) is 0.917. The van der Waals surface area contributed by atoms with Crippen molar-refractivity contribution in [2.24, 2.45) is 46.3 Å². The molecule has 0 heterocycles. The second kappa shape index (κ2) is 1.38. The van der Waals surface area contributed by atoms with Gasteiger partial charge in [0, 0.05) is 7.05 Å². The average Bonchev–Trinajstić information content (AvgIpc) is 2.27. The van der Waals surface area contributed by atoms with Crippen molar-refractivity contribution in [3.8, 4) is 0 Å². The number of rotatable bonds is 2. The molecule has 0 unspecified atom stereocenters. The predicted octanol–water partition coefficient (Wildman–Crippen LogP) is 0.880. The van der Waals surface area contributed by atoms with Crippen LogP contribution in [0.3, 0.4) is 0 Å². The standard InChI is InChI=1S/C12H15NO/c1-3-11-4-7-5(11)9-6(11)8(4)12(7,9)10(14)13-2/h4-9H,3H2,1-2H3,(H,13,14). The Morgan fingerprint density at radius 2 is 1.64 bits per heavy atom. The Hall–Kier alpha value is -0.530. The molecule has 6 aliphatic rings. The molecule has 0 atom stereocenters. The summed E-state index contributed by atoms with van der Waals surface area (Å²) in [7, 11) is 1.81. The maximum absolute atomic E-state index is 11.9. The van der Waals surface area contributed by atoms with Crippen LogP contribution in [0, 0.1) is 46.3 Å². The molecule has 6 aliphatic carbocycles. The first-order valence-corrected chi connectivity index (χ1v) is 6.00. The number of hydrogen-bond donors (Lipinski definition) is 1. The third-order valence-electron chi connectivity index (χ3n) is 7.07. The molecule has 6 fully saturated rings. The molecule has 0 spiro atoms. The zero-order chi connectivity index (χ0) is 9.46. The van der Waals surface area contributed by atoms with E-state index in [2.05, 4.69) is 12.2 Å². The number of amides is 1. The van der Waals surface area contributed by atoms with Crippen LogP contribution in [0.5, 0.6) is 0 Å². The van der Waals surface area contributed by atoms with E-state index in [1.807, 2.05) is 0 Å². The lowest BCUT2D eigenvalue weighted by atomic mass is 8.92. The van der Waals surface area contributed by atoms with E-state index in [0.717, 1.165) is 40.9 Å². The van der Waals surface area contributed by atoms with Crippen molar-refractivity contribution in [2.75, 3.05) is 7.05 Å². The third-order valence-corrected chi connectivity index (χ3v) is 7.07. The third kappa shape index (κ3) is 0.253. The van der Waals surface area contributed by atoms with Gasteiger partial charge in [0.25, 0.3) is 0 Å². The van der Waals surface area contributed by atoms with Crippen LogP contribution < -0.4 is 5.32 Å². The lowest BCUT2D eigenvalue weighted by molar-refractivity contribution is -0.642. The van der Waals surface area contributed by atoms with E-state index in [1.165, 1.54) is 6.42 Å². The fourth-order valence-electron chi connectivity index (χ4n) is 7.13. The van der Waals surface area contributed by atoms with Crippen LogP contribution in [0.25, 0.3) is 0 Å². The zero-order valence-corrected chi connectivity index (χ0v) is 8.58. The molecule has 14 heavy (non-hydrogen) atoms. The van der Waals surface area contributed by atoms with Gasteiger partial charge in [-0.25, -0.2) is 0 Å². The highest BCUT2D eigenvalue weighted by atomic mass is 16.2. The Morgan fingerprint density at radius 3 is 2.00 bits per heavy atom. The molecule has 1 N–H and O–H groups in total. The van der Waals surface area contributed by atoms with Crippen molar-refractivity contribution in [2.45, 2.75) is 13.3 Å². The molecule has 0 aromatic heterocycles. The summed E-state index contributed by atoms with van der Waals surface area (Å²) >= 11 is 0. The first-order valence-electron chi connectivity index (χ1n) is 6.00. The molecule has 0 bridgehead atoms. The molecule has 6 saturated carbocycles. The van der Waals surface area contributed by atoms with Crippen LogP contribution in [0.15, 0.2) is 0 Å². The van der Waals surface area contributed by atoms with Gasteiger partial charge in [-0.05, 0) is 47.3 Å². The van der Waals surface area contributed by atoms with Crippen LogP contribution in [-0.2, 0) is 4.79 Å². The van der Waals surface area contributed by atoms with Gasteiger partial charge in [-0.1, -0.05) is 6.92 Å². The van der Waals surface area contributed by atoms with Gasteiger partial charge >= 0.3 is 0 Å². The number of hydrogen-bond acceptors (Lipinski definition) is 1. The van der Waals surface area contributed by atoms with Crippen molar-refractivity contribution in [3.05, 3.63) is 0 Å². The van der Waals surface area contributed by atoms with Crippen LogP contribution in [0.1, 0.15) is 13.3 Å².